The average Bonchev–Trinajstić information content (AvgIpc) is 3.42. The van der Waals surface area contributed by atoms with E-state index in [1.165, 1.54) is 40.6 Å². The summed E-state index contributed by atoms with van der Waals surface area (Å²) in [6.45, 7) is 0. The first kappa shape index (κ1) is 20.0. The molecule has 0 saturated heterocycles. The molecule has 0 radical (unpaired) electrons. The number of hydrogen-bond acceptors (Lipinski definition) is 6. The summed E-state index contributed by atoms with van der Waals surface area (Å²) in [5.41, 5.74) is 1.63. The first-order valence-electron chi connectivity index (χ1n) is 9.58. The molecule has 160 valence electrons. The molecule has 0 saturated carbocycles. The maximum absolute atomic E-state index is 13.2. The first-order chi connectivity index (χ1) is 15.5. The zero-order chi connectivity index (χ0) is 22.2. The van der Waals surface area contributed by atoms with Crippen LogP contribution >= 0.6 is 11.8 Å². The molecule has 5 rings (SSSR count). The van der Waals surface area contributed by atoms with Crippen LogP contribution in [0.2, 0.25) is 0 Å². The zero-order valence-corrected chi connectivity index (χ0v) is 17.6. The molecule has 0 aliphatic carbocycles. The molecular formula is C22H16FN5O3S. The predicted molar refractivity (Wildman–Crippen MR) is 118 cm³/mol. The number of ketones is 1. The maximum atomic E-state index is 13.2. The summed E-state index contributed by atoms with van der Waals surface area (Å²) < 4.78 is 21.3. The quantitative estimate of drug-likeness (QED) is 0.315. The molecule has 0 amide bonds. The van der Waals surface area contributed by atoms with Crippen molar-refractivity contribution in [3.63, 3.8) is 0 Å². The Hall–Kier alpha value is -3.92. The molecule has 3 aromatic heterocycles. The summed E-state index contributed by atoms with van der Waals surface area (Å²) in [6, 6.07) is 11.1. The number of hydrogen-bond donors (Lipinski definition) is 1. The van der Waals surface area contributed by atoms with Crippen molar-refractivity contribution in [2.45, 2.75) is 5.16 Å². The third-order valence-corrected chi connectivity index (χ3v) is 6.01. The van der Waals surface area contributed by atoms with E-state index in [0.717, 1.165) is 10.9 Å². The number of nitrogens with zero attached hydrogens (tertiary/aromatic N) is 4. The smallest absolute Gasteiger partial charge is 0.300 e. The van der Waals surface area contributed by atoms with Crippen LogP contribution < -0.4 is 10.3 Å². The van der Waals surface area contributed by atoms with Gasteiger partial charge >= 0.3 is 5.56 Å². The fourth-order valence-electron chi connectivity index (χ4n) is 3.43. The number of carbonyl (C=O) groups is 1. The van der Waals surface area contributed by atoms with E-state index in [1.54, 1.807) is 30.1 Å². The summed E-state index contributed by atoms with van der Waals surface area (Å²) in [7, 11) is 1.58. The topological polar surface area (TPSA) is 94.3 Å². The SMILES string of the molecule is COc1ccc2[nH]cc(C(=O)CSc3nnc4c(=O)n(-c5ccc(F)cc5)ccn34)c2c1. The van der Waals surface area contributed by atoms with Gasteiger partial charge in [0.25, 0.3) is 0 Å². The molecule has 5 aromatic rings. The van der Waals surface area contributed by atoms with Gasteiger partial charge in [0, 0.05) is 40.7 Å². The van der Waals surface area contributed by atoms with Crippen LogP contribution in [0, 0.1) is 5.82 Å². The number of nitrogens with one attached hydrogen (secondary N) is 1. The van der Waals surface area contributed by atoms with Crippen molar-refractivity contribution < 1.29 is 13.9 Å². The van der Waals surface area contributed by atoms with Crippen LogP contribution in [0.1, 0.15) is 10.4 Å². The Balaban J connectivity index is 1.40. The van der Waals surface area contributed by atoms with E-state index >= 15 is 0 Å². The Labute approximate surface area is 184 Å². The monoisotopic (exact) mass is 449 g/mol. The summed E-state index contributed by atoms with van der Waals surface area (Å²) in [6.07, 6.45) is 4.88. The third-order valence-electron chi connectivity index (χ3n) is 5.07. The molecule has 8 nitrogen and oxygen atoms in total. The minimum absolute atomic E-state index is 0.0918. The molecule has 0 unspecified atom stereocenters. The number of thioether (sulfide) groups is 1. The number of rotatable bonds is 6. The summed E-state index contributed by atoms with van der Waals surface area (Å²) in [5, 5.41) is 9.26. The van der Waals surface area contributed by atoms with E-state index in [9.17, 15) is 14.0 Å². The number of benzene rings is 2. The van der Waals surface area contributed by atoms with Crippen molar-refractivity contribution in [3.05, 3.63) is 82.8 Å². The minimum atomic E-state index is -0.395. The second-order valence-corrected chi connectivity index (χ2v) is 7.89. The summed E-state index contributed by atoms with van der Waals surface area (Å²) in [4.78, 5) is 28.8. The molecule has 0 bridgehead atoms. The van der Waals surface area contributed by atoms with E-state index in [0.29, 0.717) is 22.2 Å². The zero-order valence-electron chi connectivity index (χ0n) is 16.8. The van der Waals surface area contributed by atoms with Crippen LogP contribution in [0.15, 0.2) is 71.0 Å². The number of aromatic amines is 1. The predicted octanol–water partition coefficient (Wildman–Crippen LogP) is 3.48. The van der Waals surface area contributed by atoms with Gasteiger partial charge in [-0.15, -0.1) is 10.2 Å². The fraction of sp³-hybridized carbons (Fsp3) is 0.0909. The van der Waals surface area contributed by atoms with Gasteiger partial charge in [-0.05, 0) is 42.5 Å². The Bertz CT molecular complexity index is 1520. The standard InChI is InChI=1S/C22H16FN5O3S/c1-31-15-6-7-18-16(10-15)17(11-24-18)19(29)12-32-22-26-25-20-21(30)27(8-9-28(20)22)14-4-2-13(23)3-5-14/h2-11,24H,12H2,1H3. The number of Topliss-reactive ketones (excluding diaryl/α,β-unsaturated/α-hetero) is 1. The second kappa shape index (κ2) is 7.97. The largest absolute Gasteiger partial charge is 0.497 e. The number of carbonyl (C=O) groups excluding carboxylic acids is 1. The molecule has 1 N–H and O–H groups in total. The van der Waals surface area contributed by atoms with Crippen LogP contribution in [0.3, 0.4) is 0 Å². The van der Waals surface area contributed by atoms with Gasteiger partial charge in [-0.25, -0.2) is 4.39 Å². The molecule has 0 aliphatic rings. The number of fused-ring (bicyclic) bond motifs is 2. The van der Waals surface area contributed by atoms with Crippen LogP contribution in [0.4, 0.5) is 4.39 Å². The van der Waals surface area contributed by atoms with Crippen molar-refractivity contribution in [1.82, 2.24) is 24.1 Å². The van der Waals surface area contributed by atoms with Crippen molar-refractivity contribution in [3.8, 4) is 11.4 Å². The Morgan fingerprint density at radius 3 is 2.75 bits per heavy atom. The normalized spacial score (nSPS) is 11.3. The highest BCUT2D eigenvalue weighted by molar-refractivity contribution is 7.99. The second-order valence-electron chi connectivity index (χ2n) is 6.95. The van der Waals surface area contributed by atoms with Gasteiger partial charge in [0.15, 0.2) is 10.9 Å². The van der Waals surface area contributed by atoms with E-state index in [2.05, 4.69) is 15.2 Å². The molecule has 0 atom stereocenters. The lowest BCUT2D eigenvalue weighted by Crippen LogP contribution is -2.20. The molecule has 10 heteroatoms. The van der Waals surface area contributed by atoms with Crippen molar-refractivity contribution >= 4 is 34.1 Å². The molecule has 0 aliphatic heterocycles. The van der Waals surface area contributed by atoms with Crippen LogP contribution in [-0.2, 0) is 0 Å². The van der Waals surface area contributed by atoms with Gasteiger partial charge in [0.05, 0.1) is 12.9 Å². The van der Waals surface area contributed by atoms with Gasteiger partial charge < -0.3 is 9.72 Å². The lowest BCUT2D eigenvalue weighted by Gasteiger charge is -2.06. The third kappa shape index (κ3) is 3.44. The van der Waals surface area contributed by atoms with Crippen LogP contribution in [0.5, 0.6) is 5.75 Å². The Morgan fingerprint density at radius 2 is 1.97 bits per heavy atom. The number of halogens is 1. The lowest BCUT2D eigenvalue weighted by atomic mass is 10.1. The highest BCUT2D eigenvalue weighted by Crippen LogP contribution is 2.26. The van der Waals surface area contributed by atoms with E-state index in [-0.39, 0.29) is 23.0 Å². The fourth-order valence-corrected chi connectivity index (χ4v) is 4.24. The van der Waals surface area contributed by atoms with E-state index < -0.39 is 5.56 Å². The summed E-state index contributed by atoms with van der Waals surface area (Å²) in [5.74, 6) is 0.305. The number of H-pyrrole nitrogens is 1. The maximum Gasteiger partial charge on any atom is 0.300 e. The number of aromatic nitrogens is 5. The number of methoxy groups -OCH3 is 1. The molecule has 0 spiro atoms. The highest BCUT2D eigenvalue weighted by Gasteiger charge is 2.17. The summed E-state index contributed by atoms with van der Waals surface area (Å²) >= 11 is 1.19. The van der Waals surface area contributed by atoms with Crippen molar-refractivity contribution in [1.29, 1.82) is 0 Å². The van der Waals surface area contributed by atoms with Gasteiger partial charge in [0.2, 0.25) is 5.65 Å². The van der Waals surface area contributed by atoms with Crippen LogP contribution in [-0.4, -0.2) is 42.8 Å². The molecule has 3 heterocycles. The van der Waals surface area contributed by atoms with Gasteiger partial charge in [0.1, 0.15) is 11.6 Å². The lowest BCUT2D eigenvalue weighted by molar-refractivity contribution is 0.102. The Morgan fingerprint density at radius 1 is 1.16 bits per heavy atom. The van der Waals surface area contributed by atoms with Gasteiger partial charge in [-0.3, -0.25) is 18.6 Å². The van der Waals surface area contributed by atoms with Gasteiger partial charge in [-0.2, -0.15) is 0 Å². The molecule has 0 fully saturated rings. The minimum Gasteiger partial charge on any atom is -0.497 e. The van der Waals surface area contributed by atoms with E-state index in [4.69, 9.17) is 4.74 Å². The average molecular weight is 449 g/mol. The molecule has 2 aromatic carbocycles. The van der Waals surface area contributed by atoms with Crippen molar-refractivity contribution in [2.24, 2.45) is 0 Å². The van der Waals surface area contributed by atoms with Crippen LogP contribution in [0.25, 0.3) is 22.2 Å². The highest BCUT2D eigenvalue weighted by atomic mass is 32.2. The van der Waals surface area contributed by atoms with Gasteiger partial charge in [-0.1, -0.05) is 11.8 Å². The first-order valence-corrected chi connectivity index (χ1v) is 10.6. The Kier molecular flexibility index (Phi) is 4.98. The van der Waals surface area contributed by atoms with Crippen molar-refractivity contribution in [2.75, 3.05) is 12.9 Å². The molecule has 32 heavy (non-hydrogen) atoms. The molecular weight excluding hydrogens is 433 g/mol. The van der Waals surface area contributed by atoms with E-state index in [1.807, 2.05) is 18.2 Å². The number of ether oxygens (including phenoxy) is 1.